The van der Waals surface area contributed by atoms with Gasteiger partial charge in [0.1, 0.15) is 11.4 Å². The summed E-state index contributed by atoms with van der Waals surface area (Å²) in [4.78, 5) is 26.6. The molecule has 108 valence electrons. The van der Waals surface area contributed by atoms with Crippen LogP contribution in [0.3, 0.4) is 0 Å². The summed E-state index contributed by atoms with van der Waals surface area (Å²) < 4.78 is 5.07. The van der Waals surface area contributed by atoms with Gasteiger partial charge in [0, 0.05) is 0 Å². The van der Waals surface area contributed by atoms with Gasteiger partial charge < -0.3 is 15.6 Å². The number of nitrogens with zero attached hydrogens (tertiary/aromatic N) is 1. The van der Waals surface area contributed by atoms with E-state index in [0.29, 0.717) is 16.9 Å². The van der Waals surface area contributed by atoms with E-state index in [9.17, 15) is 9.59 Å². The van der Waals surface area contributed by atoms with Crippen LogP contribution in [-0.2, 0) is 0 Å². The Morgan fingerprint density at radius 1 is 1.24 bits per heavy atom. The van der Waals surface area contributed by atoms with Crippen molar-refractivity contribution in [1.29, 1.82) is 0 Å². The van der Waals surface area contributed by atoms with E-state index in [1.54, 1.807) is 38.3 Å². The minimum Gasteiger partial charge on any atom is -0.497 e. The number of amides is 1. The van der Waals surface area contributed by atoms with E-state index in [0.717, 1.165) is 0 Å². The van der Waals surface area contributed by atoms with Gasteiger partial charge in [0.2, 0.25) is 0 Å². The highest BCUT2D eigenvalue weighted by molar-refractivity contribution is 6.02. The van der Waals surface area contributed by atoms with E-state index >= 15 is 0 Å². The van der Waals surface area contributed by atoms with Crippen LogP contribution < -0.4 is 10.5 Å². The molecular formula is C15H14N2O4. The molecule has 1 aromatic heterocycles. The molecule has 0 bridgehead atoms. The second kappa shape index (κ2) is 5.62. The quantitative estimate of drug-likeness (QED) is 0.893. The third-order valence-corrected chi connectivity index (χ3v) is 3.07. The Bertz CT molecular complexity index is 708. The van der Waals surface area contributed by atoms with Crippen LogP contribution in [0.2, 0.25) is 0 Å². The van der Waals surface area contributed by atoms with Gasteiger partial charge in [-0.3, -0.25) is 4.79 Å². The molecule has 2 aromatic rings. The predicted molar refractivity (Wildman–Crippen MR) is 76.4 cm³/mol. The molecule has 0 radical (unpaired) electrons. The number of nitrogens with two attached hydrogens (primary N) is 1. The SMILES string of the molecule is COc1ccc(-c2cc(C(=O)O)nc(C)c2C(N)=O)cc1. The molecule has 0 spiro atoms. The Hall–Kier alpha value is -2.89. The number of ether oxygens (including phenoxy) is 1. The zero-order chi connectivity index (χ0) is 15.6. The first-order valence-corrected chi connectivity index (χ1v) is 6.13. The summed E-state index contributed by atoms with van der Waals surface area (Å²) in [7, 11) is 1.54. The van der Waals surface area contributed by atoms with Crippen LogP contribution >= 0.6 is 0 Å². The number of carbonyl (C=O) groups is 2. The van der Waals surface area contributed by atoms with Gasteiger partial charge in [-0.05, 0) is 36.2 Å². The number of aromatic nitrogens is 1. The van der Waals surface area contributed by atoms with Crippen LogP contribution in [0.4, 0.5) is 0 Å². The number of pyridine rings is 1. The van der Waals surface area contributed by atoms with Gasteiger partial charge in [0.15, 0.2) is 0 Å². The van der Waals surface area contributed by atoms with Crippen molar-refractivity contribution in [3.63, 3.8) is 0 Å². The predicted octanol–water partition coefficient (Wildman–Crippen LogP) is 1.86. The van der Waals surface area contributed by atoms with Crippen molar-refractivity contribution in [3.8, 4) is 16.9 Å². The van der Waals surface area contributed by atoms with Crippen LogP contribution in [0.1, 0.15) is 26.5 Å². The van der Waals surface area contributed by atoms with Crippen molar-refractivity contribution < 1.29 is 19.4 Å². The van der Waals surface area contributed by atoms with Crippen LogP contribution in [0, 0.1) is 6.92 Å². The number of aryl methyl sites for hydroxylation is 1. The highest BCUT2D eigenvalue weighted by atomic mass is 16.5. The Kier molecular flexibility index (Phi) is 3.89. The van der Waals surface area contributed by atoms with E-state index in [-0.39, 0.29) is 17.0 Å². The Morgan fingerprint density at radius 2 is 1.86 bits per heavy atom. The van der Waals surface area contributed by atoms with Crippen molar-refractivity contribution in [2.45, 2.75) is 6.92 Å². The smallest absolute Gasteiger partial charge is 0.354 e. The maximum absolute atomic E-state index is 11.6. The van der Waals surface area contributed by atoms with Crippen LogP contribution in [0.5, 0.6) is 5.75 Å². The molecule has 2 rings (SSSR count). The maximum Gasteiger partial charge on any atom is 0.354 e. The summed E-state index contributed by atoms with van der Waals surface area (Å²) >= 11 is 0. The maximum atomic E-state index is 11.6. The van der Waals surface area contributed by atoms with Gasteiger partial charge in [-0.25, -0.2) is 9.78 Å². The molecule has 1 amide bonds. The number of hydrogen-bond donors (Lipinski definition) is 2. The molecule has 1 aromatic carbocycles. The Balaban J connectivity index is 2.68. The van der Waals surface area contributed by atoms with Crippen molar-refractivity contribution in [3.05, 3.63) is 47.3 Å². The monoisotopic (exact) mass is 286 g/mol. The minimum absolute atomic E-state index is 0.136. The zero-order valence-electron chi connectivity index (χ0n) is 11.6. The fourth-order valence-electron chi connectivity index (χ4n) is 2.09. The topological polar surface area (TPSA) is 103 Å². The molecule has 0 aliphatic carbocycles. The number of methoxy groups -OCH3 is 1. The highest BCUT2D eigenvalue weighted by Crippen LogP contribution is 2.28. The number of carboxylic acid groups (broad SMARTS) is 1. The van der Waals surface area contributed by atoms with Gasteiger partial charge in [-0.15, -0.1) is 0 Å². The average Bonchev–Trinajstić information content (AvgIpc) is 2.46. The second-order valence-corrected chi connectivity index (χ2v) is 4.41. The normalized spacial score (nSPS) is 10.2. The summed E-state index contributed by atoms with van der Waals surface area (Å²) in [6.07, 6.45) is 0. The number of rotatable bonds is 4. The number of benzene rings is 1. The molecule has 0 saturated carbocycles. The third-order valence-electron chi connectivity index (χ3n) is 3.07. The van der Waals surface area contributed by atoms with Gasteiger partial charge in [0.25, 0.3) is 5.91 Å². The van der Waals surface area contributed by atoms with Gasteiger partial charge in [-0.1, -0.05) is 12.1 Å². The van der Waals surface area contributed by atoms with E-state index in [1.807, 2.05) is 0 Å². The number of hydrogen-bond acceptors (Lipinski definition) is 4. The molecule has 0 aliphatic heterocycles. The first-order valence-electron chi connectivity index (χ1n) is 6.13. The molecular weight excluding hydrogens is 272 g/mol. The van der Waals surface area contributed by atoms with Gasteiger partial charge >= 0.3 is 5.97 Å². The van der Waals surface area contributed by atoms with Crippen molar-refractivity contribution in [1.82, 2.24) is 4.98 Å². The molecule has 21 heavy (non-hydrogen) atoms. The molecule has 3 N–H and O–H groups in total. The number of carboxylic acids is 1. The summed E-state index contributed by atoms with van der Waals surface area (Å²) in [5.74, 6) is -1.16. The molecule has 1 heterocycles. The average molecular weight is 286 g/mol. The van der Waals surface area contributed by atoms with Crippen molar-refractivity contribution >= 4 is 11.9 Å². The summed E-state index contributed by atoms with van der Waals surface area (Å²) in [6, 6.07) is 8.24. The van der Waals surface area contributed by atoms with Gasteiger partial charge in [-0.2, -0.15) is 0 Å². The molecule has 0 fully saturated rings. The van der Waals surface area contributed by atoms with Crippen molar-refractivity contribution in [2.75, 3.05) is 7.11 Å². The fraction of sp³-hybridized carbons (Fsp3) is 0.133. The van der Waals surface area contributed by atoms with E-state index in [4.69, 9.17) is 15.6 Å². The van der Waals surface area contributed by atoms with Crippen LogP contribution in [0.15, 0.2) is 30.3 Å². The lowest BCUT2D eigenvalue weighted by molar-refractivity contribution is 0.0689. The summed E-state index contributed by atoms with van der Waals surface area (Å²) in [6.45, 7) is 1.56. The number of carbonyl (C=O) groups excluding carboxylic acids is 1. The molecule has 0 aliphatic rings. The van der Waals surface area contributed by atoms with E-state index in [2.05, 4.69) is 4.98 Å². The molecule has 0 saturated heterocycles. The number of aromatic carboxylic acids is 1. The number of primary amides is 1. The van der Waals surface area contributed by atoms with E-state index < -0.39 is 11.9 Å². The van der Waals surface area contributed by atoms with Crippen LogP contribution in [0.25, 0.3) is 11.1 Å². The molecule has 0 unspecified atom stereocenters. The highest BCUT2D eigenvalue weighted by Gasteiger charge is 2.18. The molecule has 0 atom stereocenters. The molecule has 6 nitrogen and oxygen atoms in total. The van der Waals surface area contributed by atoms with E-state index in [1.165, 1.54) is 6.07 Å². The Labute approximate surface area is 121 Å². The van der Waals surface area contributed by atoms with Crippen molar-refractivity contribution in [2.24, 2.45) is 5.73 Å². The lowest BCUT2D eigenvalue weighted by Gasteiger charge is -2.11. The largest absolute Gasteiger partial charge is 0.497 e. The summed E-state index contributed by atoms with van der Waals surface area (Å²) in [5.41, 5.74) is 6.85. The zero-order valence-corrected chi connectivity index (χ0v) is 11.6. The first-order chi connectivity index (χ1) is 9.93. The minimum atomic E-state index is -1.16. The fourth-order valence-corrected chi connectivity index (χ4v) is 2.09. The van der Waals surface area contributed by atoms with Crippen LogP contribution in [-0.4, -0.2) is 29.1 Å². The first kappa shape index (κ1) is 14.5. The lowest BCUT2D eigenvalue weighted by atomic mass is 9.97. The standard InChI is InChI=1S/C15H14N2O4/c1-8-13(14(16)18)11(7-12(17-8)15(19)20)9-3-5-10(21-2)6-4-9/h3-7H,1-2H3,(H2,16,18)(H,19,20). The summed E-state index contributed by atoms with van der Waals surface area (Å²) in [5, 5.41) is 9.09. The third kappa shape index (κ3) is 2.84. The van der Waals surface area contributed by atoms with Gasteiger partial charge in [0.05, 0.1) is 18.4 Å². The molecule has 6 heteroatoms. The second-order valence-electron chi connectivity index (χ2n) is 4.41. The lowest BCUT2D eigenvalue weighted by Crippen LogP contribution is -2.17. The Morgan fingerprint density at radius 3 is 2.33 bits per heavy atom.